The summed E-state index contributed by atoms with van der Waals surface area (Å²) >= 11 is 0. The van der Waals surface area contributed by atoms with Gasteiger partial charge < -0.3 is 15.4 Å². The molecule has 0 aromatic carbocycles. The number of rotatable bonds is 4. The molecular weight excluding hydrogens is 327 g/mol. The Kier molecular flexibility index (Phi) is 5.00. The van der Waals surface area contributed by atoms with Crippen molar-refractivity contribution < 1.29 is 27.5 Å². The maximum Gasteiger partial charge on any atom is 0.394 e. The summed E-state index contributed by atoms with van der Waals surface area (Å²) in [4.78, 5) is 28.7. The van der Waals surface area contributed by atoms with Crippen LogP contribution in [0.3, 0.4) is 0 Å². The lowest BCUT2D eigenvalue weighted by atomic mass is 9.95. The van der Waals surface area contributed by atoms with Crippen LogP contribution in [0.1, 0.15) is 24.2 Å². The van der Waals surface area contributed by atoms with Crippen LogP contribution in [-0.2, 0) is 4.79 Å². The first-order valence-electron chi connectivity index (χ1n) is 7.37. The summed E-state index contributed by atoms with van der Waals surface area (Å²) in [6.45, 7) is 2.60. The highest BCUT2D eigenvalue weighted by Gasteiger charge is 2.52. The Morgan fingerprint density at radius 1 is 1.38 bits per heavy atom. The van der Waals surface area contributed by atoms with E-state index in [1.165, 1.54) is 18.3 Å². The second-order valence-corrected chi connectivity index (χ2v) is 5.92. The number of carbonyl (C=O) groups is 2. The number of hydrogen-bond acceptors (Lipinski definition) is 4. The molecule has 0 unspecified atom stereocenters. The molecule has 24 heavy (non-hydrogen) atoms. The van der Waals surface area contributed by atoms with Crippen molar-refractivity contribution >= 4 is 11.8 Å². The number of carbonyl (C=O) groups excluding carboxylic acids is 2. The Morgan fingerprint density at radius 3 is 2.54 bits per heavy atom. The Morgan fingerprint density at radius 2 is 2.04 bits per heavy atom. The van der Waals surface area contributed by atoms with E-state index in [2.05, 4.69) is 4.98 Å². The summed E-state index contributed by atoms with van der Waals surface area (Å²) in [5, 5.41) is 0. The van der Waals surface area contributed by atoms with Gasteiger partial charge >= 0.3 is 6.18 Å². The molecule has 1 aliphatic heterocycles. The molecule has 0 spiro atoms. The lowest BCUT2D eigenvalue weighted by molar-refractivity contribution is -0.182. The summed E-state index contributed by atoms with van der Waals surface area (Å²) in [5.41, 5.74) is 5.20. The van der Waals surface area contributed by atoms with Gasteiger partial charge in [-0.15, -0.1) is 0 Å². The zero-order chi connectivity index (χ0) is 18.1. The van der Waals surface area contributed by atoms with Crippen molar-refractivity contribution in [2.75, 3.05) is 13.1 Å². The van der Waals surface area contributed by atoms with Gasteiger partial charge in [-0.05, 0) is 19.9 Å². The Labute approximate surface area is 136 Å². The summed E-state index contributed by atoms with van der Waals surface area (Å²) in [6.07, 6.45) is -3.42. The number of aromatic nitrogens is 1. The molecule has 2 rings (SSSR count). The third-order valence-corrected chi connectivity index (χ3v) is 3.73. The van der Waals surface area contributed by atoms with Crippen molar-refractivity contribution in [2.45, 2.75) is 26.1 Å². The first-order valence-corrected chi connectivity index (χ1v) is 7.37. The molecule has 2 amide bonds. The van der Waals surface area contributed by atoms with Crippen molar-refractivity contribution in [1.29, 1.82) is 0 Å². The fourth-order valence-corrected chi connectivity index (χ4v) is 2.62. The van der Waals surface area contributed by atoms with E-state index < -0.39 is 36.4 Å². The summed E-state index contributed by atoms with van der Waals surface area (Å²) in [7, 11) is 0. The number of alkyl halides is 3. The molecule has 6 nitrogen and oxygen atoms in total. The van der Waals surface area contributed by atoms with E-state index in [0.717, 1.165) is 4.90 Å². The van der Waals surface area contributed by atoms with Gasteiger partial charge in [0.05, 0.1) is 17.9 Å². The van der Waals surface area contributed by atoms with Crippen LogP contribution >= 0.6 is 0 Å². The third-order valence-electron chi connectivity index (χ3n) is 3.73. The van der Waals surface area contributed by atoms with Crippen LogP contribution in [0.15, 0.2) is 18.3 Å². The average Bonchev–Trinajstić information content (AvgIpc) is 2.91. The SMILES string of the molecule is CC(C)Oc1cc(C(=O)N2C[C@@H](C(F)(F)F)[C@H](C(N)=O)C2)ccn1. The number of nitrogens with zero attached hydrogens (tertiary/aromatic N) is 2. The monoisotopic (exact) mass is 345 g/mol. The summed E-state index contributed by atoms with van der Waals surface area (Å²) < 4.78 is 44.5. The second-order valence-electron chi connectivity index (χ2n) is 5.92. The van der Waals surface area contributed by atoms with Gasteiger partial charge in [-0.25, -0.2) is 4.98 Å². The van der Waals surface area contributed by atoms with E-state index >= 15 is 0 Å². The molecule has 2 heterocycles. The largest absolute Gasteiger partial charge is 0.475 e. The van der Waals surface area contributed by atoms with Gasteiger partial charge in [-0.3, -0.25) is 9.59 Å². The van der Waals surface area contributed by atoms with Gasteiger partial charge in [0, 0.05) is 30.9 Å². The van der Waals surface area contributed by atoms with Gasteiger partial charge in [-0.1, -0.05) is 0 Å². The molecule has 1 saturated heterocycles. The van der Waals surface area contributed by atoms with E-state index in [1.54, 1.807) is 13.8 Å². The topological polar surface area (TPSA) is 85.5 Å². The lowest BCUT2D eigenvalue weighted by Crippen LogP contribution is -2.37. The minimum atomic E-state index is -4.60. The van der Waals surface area contributed by atoms with Crippen LogP contribution in [0.25, 0.3) is 0 Å². The van der Waals surface area contributed by atoms with E-state index in [0.29, 0.717) is 0 Å². The van der Waals surface area contributed by atoms with Crippen molar-refractivity contribution in [2.24, 2.45) is 17.6 Å². The number of amides is 2. The standard InChI is InChI=1S/C15H18F3N3O3/c1-8(2)24-12-5-9(3-4-20-12)14(23)21-6-10(13(19)22)11(7-21)15(16,17)18/h3-5,8,10-11H,6-7H2,1-2H3,(H2,19,22)/t10-,11-/m1/s1. The predicted octanol–water partition coefficient (Wildman–Crippen LogP) is 1.60. The van der Waals surface area contributed by atoms with Crippen molar-refractivity contribution in [3.8, 4) is 5.88 Å². The number of pyridine rings is 1. The van der Waals surface area contributed by atoms with Crippen LogP contribution in [0.5, 0.6) is 5.88 Å². The predicted molar refractivity (Wildman–Crippen MR) is 78.1 cm³/mol. The maximum absolute atomic E-state index is 13.0. The molecular formula is C15H18F3N3O3. The Bertz CT molecular complexity index is 634. The highest BCUT2D eigenvalue weighted by molar-refractivity contribution is 5.95. The van der Waals surface area contributed by atoms with Crippen molar-refractivity contribution in [3.05, 3.63) is 23.9 Å². The first kappa shape index (κ1) is 18.0. The molecule has 0 aliphatic carbocycles. The van der Waals surface area contributed by atoms with E-state index in [-0.39, 0.29) is 24.1 Å². The fourth-order valence-electron chi connectivity index (χ4n) is 2.62. The minimum Gasteiger partial charge on any atom is -0.475 e. The summed E-state index contributed by atoms with van der Waals surface area (Å²) in [6, 6.07) is 2.75. The van der Waals surface area contributed by atoms with Crippen LogP contribution < -0.4 is 10.5 Å². The van der Waals surface area contributed by atoms with Crippen molar-refractivity contribution in [3.63, 3.8) is 0 Å². The molecule has 0 radical (unpaired) electrons. The van der Waals surface area contributed by atoms with Gasteiger partial charge in [0.1, 0.15) is 0 Å². The molecule has 1 aromatic heterocycles. The molecule has 1 aromatic rings. The molecule has 2 atom stereocenters. The van der Waals surface area contributed by atoms with Crippen LogP contribution in [0.4, 0.5) is 13.2 Å². The third kappa shape index (κ3) is 3.95. The van der Waals surface area contributed by atoms with Crippen LogP contribution in [0.2, 0.25) is 0 Å². The zero-order valence-corrected chi connectivity index (χ0v) is 13.2. The fraction of sp³-hybridized carbons (Fsp3) is 0.533. The van der Waals surface area contributed by atoms with Crippen LogP contribution in [0, 0.1) is 11.8 Å². The zero-order valence-electron chi connectivity index (χ0n) is 13.2. The smallest absolute Gasteiger partial charge is 0.394 e. The number of likely N-dealkylation sites (tertiary alicyclic amines) is 1. The quantitative estimate of drug-likeness (QED) is 0.898. The number of hydrogen-bond donors (Lipinski definition) is 1. The van der Waals surface area contributed by atoms with Gasteiger partial charge in [-0.2, -0.15) is 13.2 Å². The van der Waals surface area contributed by atoms with E-state index in [9.17, 15) is 22.8 Å². The van der Waals surface area contributed by atoms with Crippen LogP contribution in [-0.4, -0.2) is 47.1 Å². The molecule has 132 valence electrons. The highest BCUT2D eigenvalue weighted by Crippen LogP contribution is 2.38. The molecule has 1 fully saturated rings. The number of ether oxygens (including phenoxy) is 1. The number of nitrogens with two attached hydrogens (primary N) is 1. The van der Waals surface area contributed by atoms with E-state index in [1.807, 2.05) is 0 Å². The van der Waals surface area contributed by atoms with Gasteiger partial charge in [0.2, 0.25) is 11.8 Å². The normalized spacial score (nSPS) is 21.2. The number of primary amides is 1. The highest BCUT2D eigenvalue weighted by atomic mass is 19.4. The van der Waals surface area contributed by atoms with Gasteiger partial charge in [0.25, 0.3) is 5.91 Å². The first-order chi connectivity index (χ1) is 11.1. The second kappa shape index (κ2) is 6.66. The summed E-state index contributed by atoms with van der Waals surface area (Å²) in [5.74, 6) is -4.88. The lowest BCUT2D eigenvalue weighted by Gasteiger charge is -2.19. The van der Waals surface area contributed by atoms with Gasteiger partial charge in [0.15, 0.2) is 0 Å². The molecule has 2 N–H and O–H groups in total. The molecule has 0 saturated carbocycles. The molecule has 9 heteroatoms. The molecule has 0 bridgehead atoms. The Hall–Kier alpha value is -2.32. The molecule has 1 aliphatic rings. The maximum atomic E-state index is 13.0. The number of halogens is 3. The van der Waals surface area contributed by atoms with Crippen molar-refractivity contribution in [1.82, 2.24) is 9.88 Å². The van der Waals surface area contributed by atoms with E-state index in [4.69, 9.17) is 10.5 Å². The average molecular weight is 345 g/mol. The Balaban J connectivity index is 2.20. The minimum absolute atomic E-state index is 0.145.